The number of benzene rings is 2. The van der Waals surface area contributed by atoms with E-state index in [1.807, 2.05) is 4.90 Å². The molecule has 144 valence electrons. The molecular formula is C20H20ClF2NO3. The molecule has 3 rings (SSSR count). The normalized spacial score (nSPS) is 23.3. The van der Waals surface area contributed by atoms with E-state index in [1.54, 1.807) is 6.07 Å². The third-order valence-electron chi connectivity index (χ3n) is 5.05. The van der Waals surface area contributed by atoms with Gasteiger partial charge in [0.05, 0.1) is 6.10 Å². The van der Waals surface area contributed by atoms with Gasteiger partial charge in [0, 0.05) is 24.7 Å². The number of rotatable bonds is 5. The smallest absolute Gasteiger partial charge is 0.313 e. The van der Waals surface area contributed by atoms with Crippen molar-refractivity contribution in [3.63, 3.8) is 0 Å². The number of aliphatic hydroxyl groups is 1. The lowest BCUT2D eigenvalue weighted by Gasteiger charge is -2.43. The van der Waals surface area contributed by atoms with Crippen molar-refractivity contribution in [1.29, 1.82) is 0 Å². The summed E-state index contributed by atoms with van der Waals surface area (Å²) in [6.07, 6.45) is -0.687. The summed E-state index contributed by atoms with van der Waals surface area (Å²) in [4.78, 5) is 14.0. The fourth-order valence-corrected chi connectivity index (χ4v) is 3.93. The summed E-state index contributed by atoms with van der Waals surface area (Å²) in [5.41, 5.74) is -0.154. The molecule has 1 aliphatic rings. The zero-order valence-electron chi connectivity index (χ0n) is 14.5. The second-order valence-electron chi connectivity index (χ2n) is 7.06. The number of likely N-dealkylation sites (tertiary alicyclic amines) is 1. The lowest BCUT2D eigenvalue weighted by Crippen LogP contribution is -2.56. The van der Waals surface area contributed by atoms with Crippen molar-refractivity contribution in [2.75, 3.05) is 13.1 Å². The van der Waals surface area contributed by atoms with Gasteiger partial charge in [-0.25, -0.2) is 8.78 Å². The van der Waals surface area contributed by atoms with Crippen LogP contribution in [0.3, 0.4) is 0 Å². The fourth-order valence-electron chi connectivity index (χ4n) is 3.69. The summed E-state index contributed by atoms with van der Waals surface area (Å²) in [6, 6.07) is 9.80. The molecule has 4 nitrogen and oxygen atoms in total. The average molecular weight is 396 g/mol. The van der Waals surface area contributed by atoms with Gasteiger partial charge < -0.3 is 10.2 Å². The first-order valence-corrected chi connectivity index (χ1v) is 8.99. The highest BCUT2D eigenvalue weighted by molar-refractivity contribution is 6.30. The van der Waals surface area contributed by atoms with E-state index in [1.165, 1.54) is 36.4 Å². The largest absolute Gasteiger partial charge is 0.481 e. The molecule has 0 aliphatic carbocycles. The molecule has 0 unspecified atom stereocenters. The van der Waals surface area contributed by atoms with Gasteiger partial charge in [-0.2, -0.15) is 0 Å². The van der Waals surface area contributed by atoms with E-state index in [2.05, 4.69) is 0 Å². The minimum atomic E-state index is -1.42. The Morgan fingerprint density at radius 2 is 1.85 bits per heavy atom. The van der Waals surface area contributed by atoms with Gasteiger partial charge in [0.25, 0.3) is 0 Å². The zero-order valence-corrected chi connectivity index (χ0v) is 15.3. The lowest BCUT2D eigenvalue weighted by atomic mass is 9.72. The quantitative estimate of drug-likeness (QED) is 0.813. The Kier molecular flexibility index (Phi) is 5.79. The van der Waals surface area contributed by atoms with Gasteiger partial charge in [-0.1, -0.05) is 23.7 Å². The van der Waals surface area contributed by atoms with Crippen LogP contribution in [0.5, 0.6) is 0 Å². The molecule has 2 aromatic carbocycles. The molecule has 27 heavy (non-hydrogen) atoms. The fraction of sp³-hybridized carbons (Fsp3) is 0.350. The monoisotopic (exact) mass is 395 g/mol. The van der Waals surface area contributed by atoms with Gasteiger partial charge in [0.2, 0.25) is 0 Å². The van der Waals surface area contributed by atoms with Crippen LogP contribution in [-0.4, -0.2) is 40.3 Å². The zero-order chi connectivity index (χ0) is 19.6. The van der Waals surface area contributed by atoms with Crippen molar-refractivity contribution in [2.24, 2.45) is 5.41 Å². The summed E-state index contributed by atoms with van der Waals surface area (Å²) in [6.45, 7) is 0.894. The van der Waals surface area contributed by atoms with Crippen LogP contribution >= 0.6 is 11.6 Å². The first-order chi connectivity index (χ1) is 12.8. The Labute approximate surface area is 161 Å². The van der Waals surface area contributed by atoms with Gasteiger partial charge in [-0.15, -0.1) is 0 Å². The maximum absolute atomic E-state index is 13.6. The molecular weight excluding hydrogens is 376 g/mol. The average Bonchev–Trinajstić information content (AvgIpc) is 2.59. The summed E-state index contributed by atoms with van der Waals surface area (Å²) in [7, 11) is 0. The number of hydrogen-bond acceptors (Lipinski definition) is 3. The molecule has 2 N–H and O–H groups in total. The number of nitrogens with zero attached hydrogens (tertiary/aromatic N) is 1. The van der Waals surface area contributed by atoms with Crippen LogP contribution in [0.25, 0.3) is 0 Å². The highest BCUT2D eigenvalue weighted by Gasteiger charge is 2.49. The molecule has 1 saturated heterocycles. The molecule has 1 heterocycles. The third kappa shape index (κ3) is 4.46. The van der Waals surface area contributed by atoms with Crippen LogP contribution in [-0.2, 0) is 17.8 Å². The van der Waals surface area contributed by atoms with Gasteiger partial charge in [-0.05, 0) is 54.3 Å². The van der Waals surface area contributed by atoms with E-state index in [0.717, 1.165) is 0 Å². The number of carboxylic acids is 1. The summed E-state index contributed by atoms with van der Waals surface area (Å²) in [5.74, 6) is -1.97. The van der Waals surface area contributed by atoms with Gasteiger partial charge >= 0.3 is 5.97 Å². The molecule has 1 fully saturated rings. The molecule has 7 heteroatoms. The van der Waals surface area contributed by atoms with Crippen molar-refractivity contribution in [3.8, 4) is 0 Å². The topological polar surface area (TPSA) is 60.8 Å². The Bertz CT molecular complexity index is 810. The van der Waals surface area contributed by atoms with Gasteiger partial charge in [0.15, 0.2) is 0 Å². The number of piperidine rings is 1. The van der Waals surface area contributed by atoms with Crippen LogP contribution in [0.4, 0.5) is 8.78 Å². The maximum atomic E-state index is 13.6. The summed E-state index contributed by atoms with van der Waals surface area (Å²) >= 11 is 5.89. The first-order valence-electron chi connectivity index (χ1n) is 8.62. The van der Waals surface area contributed by atoms with E-state index in [0.29, 0.717) is 24.2 Å². The first kappa shape index (κ1) is 19.7. The van der Waals surface area contributed by atoms with Crippen LogP contribution in [0, 0.1) is 17.0 Å². The lowest BCUT2D eigenvalue weighted by molar-refractivity contribution is -0.163. The molecule has 0 bridgehead atoms. The molecule has 2 atom stereocenters. The molecule has 0 radical (unpaired) electrons. The molecule has 0 spiro atoms. The number of hydrogen-bond donors (Lipinski definition) is 2. The molecule has 0 amide bonds. The third-order valence-corrected chi connectivity index (χ3v) is 5.27. The maximum Gasteiger partial charge on any atom is 0.313 e. The van der Waals surface area contributed by atoms with E-state index < -0.39 is 29.1 Å². The second kappa shape index (κ2) is 7.92. The highest BCUT2D eigenvalue weighted by Crippen LogP contribution is 2.35. The number of carboxylic acid groups (broad SMARTS) is 1. The van der Waals surface area contributed by atoms with Crippen LogP contribution in [0.1, 0.15) is 17.5 Å². The summed E-state index contributed by atoms with van der Waals surface area (Å²) < 4.78 is 26.7. The highest BCUT2D eigenvalue weighted by atomic mass is 35.5. The Hall–Kier alpha value is -2.02. The number of aliphatic hydroxyl groups excluding tert-OH is 1. The van der Waals surface area contributed by atoms with Gasteiger partial charge in [-0.3, -0.25) is 9.69 Å². The van der Waals surface area contributed by atoms with E-state index >= 15 is 0 Å². The number of aliphatic carboxylic acids is 1. The Morgan fingerprint density at radius 1 is 1.15 bits per heavy atom. The van der Waals surface area contributed by atoms with E-state index in [-0.39, 0.29) is 24.4 Å². The van der Waals surface area contributed by atoms with Crippen LogP contribution in [0.15, 0.2) is 42.5 Å². The van der Waals surface area contributed by atoms with Crippen molar-refractivity contribution < 1.29 is 23.8 Å². The minimum absolute atomic E-state index is 0.0736. The van der Waals surface area contributed by atoms with Crippen molar-refractivity contribution in [3.05, 3.63) is 70.2 Å². The Balaban J connectivity index is 1.83. The SMILES string of the molecule is O=C(O)[C@]1(Cc2ccc(F)cc2)CN(Cc2cc(F)cc(Cl)c2)CC[C@@H]1O. The molecule has 1 aliphatic heterocycles. The van der Waals surface area contributed by atoms with Crippen LogP contribution < -0.4 is 0 Å². The second-order valence-corrected chi connectivity index (χ2v) is 7.49. The summed E-state index contributed by atoms with van der Waals surface area (Å²) in [5, 5.41) is 20.7. The predicted molar refractivity (Wildman–Crippen MR) is 97.5 cm³/mol. The minimum Gasteiger partial charge on any atom is -0.481 e. The van der Waals surface area contributed by atoms with E-state index in [9.17, 15) is 23.8 Å². The number of halogens is 3. The van der Waals surface area contributed by atoms with Crippen LogP contribution in [0.2, 0.25) is 5.02 Å². The Morgan fingerprint density at radius 3 is 2.48 bits per heavy atom. The molecule has 2 aromatic rings. The van der Waals surface area contributed by atoms with Crippen molar-refractivity contribution in [1.82, 2.24) is 4.90 Å². The van der Waals surface area contributed by atoms with E-state index in [4.69, 9.17) is 11.6 Å². The van der Waals surface area contributed by atoms with Crippen molar-refractivity contribution >= 4 is 17.6 Å². The predicted octanol–water partition coefficient (Wildman–Crippen LogP) is 3.50. The standard InChI is InChI=1S/C20H20ClF2NO3/c21-15-7-14(8-17(23)9-15)11-24-6-5-18(25)20(12-24,19(26)27)10-13-1-3-16(22)4-2-13/h1-4,7-9,18,25H,5-6,10-12H2,(H,26,27)/t18-,20+/m0/s1. The molecule has 0 aromatic heterocycles. The molecule has 0 saturated carbocycles. The van der Waals surface area contributed by atoms with Crippen molar-refractivity contribution in [2.45, 2.75) is 25.5 Å². The number of carbonyl (C=O) groups is 1. The van der Waals surface area contributed by atoms with Gasteiger partial charge in [0.1, 0.15) is 17.0 Å².